The lowest BCUT2D eigenvalue weighted by molar-refractivity contribution is 1.12. The Morgan fingerprint density at radius 3 is 2.57 bits per heavy atom. The van der Waals surface area contributed by atoms with Gasteiger partial charge in [-0.2, -0.15) is 12.6 Å². The van der Waals surface area contributed by atoms with Crippen LogP contribution in [-0.2, 0) is 0 Å². The third kappa shape index (κ3) is 3.43. The van der Waals surface area contributed by atoms with Crippen LogP contribution in [0.3, 0.4) is 0 Å². The molecule has 0 aliphatic carbocycles. The molecule has 0 nitrogen and oxygen atoms in total. The van der Waals surface area contributed by atoms with Crippen molar-refractivity contribution in [2.45, 2.75) is 13.3 Å². The Kier molecular flexibility index (Phi) is 4.54. The summed E-state index contributed by atoms with van der Waals surface area (Å²) in [5, 5.41) is 0. The number of thiol groups is 1. The molecule has 0 amide bonds. The average molecular weight is 204 g/mol. The van der Waals surface area contributed by atoms with Crippen LogP contribution < -0.4 is 0 Å². The SMILES string of the molecule is C=C(/C=C(/C)CCS)c1ccccc1. The van der Waals surface area contributed by atoms with Gasteiger partial charge in [-0.15, -0.1) is 0 Å². The molecule has 1 rings (SSSR count). The number of rotatable bonds is 4. The molecule has 0 saturated carbocycles. The zero-order valence-electron chi connectivity index (χ0n) is 8.53. The smallest absolute Gasteiger partial charge is 0.00606 e. The Hall–Kier alpha value is -0.950. The van der Waals surface area contributed by atoms with Crippen LogP contribution in [0.5, 0.6) is 0 Å². The lowest BCUT2D eigenvalue weighted by Gasteiger charge is -2.02. The summed E-state index contributed by atoms with van der Waals surface area (Å²) in [7, 11) is 0. The van der Waals surface area contributed by atoms with Crippen molar-refractivity contribution >= 4 is 18.2 Å². The third-order valence-corrected chi connectivity index (χ3v) is 2.29. The summed E-state index contributed by atoms with van der Waals surface area (Å²) in [5.41, 5.74) is 3.59. The van der Waals surface area contributed by atoms with Crippen molar-refractivity contribution in [1.29, 1.82) is 0 Å². The van der Waals surface area contributed by atoms with Crippen LogP contribution in [0.25, 0.3) is 5.57 Å². The summed E-state index contributed by atoms with van der Waals surface area (Å²) in [6.07, 6.45) is 3.15. The first kappa shape index (κ1) is 11.1. The molecule has 0 aromatic heterocycles. The van der Waals surface area contributed by atoms with Gasteiger partial charge in [0.05, 0.1) is 0 Å². The maximum Gasteiger partial charge on any atom is -0.00606 e. The first-order chi connectivity index (χ1) is 6.74. The Labute approximate surface area is 91.8 Å². The zero-order valence-corrected chi connectivity index (χ0v) is 9.43. The van der Waals surface area contributed by atoms with Gasteiger partial charge in [0, 0.05) is 0 Å². The Morgan fingerprint density at radius 1 is 1.36 bits per heavy atom. The van der Waals surface area contributed by atoms with Gasteiger partial charge in [-0.3, -0.25) is 0 Å². The van der Waals surface area contributed by atoms with E-state index in [1.807, 2.05) is 18.2 Å². The van der Waals surface area contributed by atoms with Gasteiger partial charge in [0.15, 0.2) is 0 Å². The third-order valence-electron chi connectivity index (χ3n) is 2.07. The lowest BCUT2D eigenvalue weighted by atomic mass is 10.0. The molecular weight excluding hydrogens is 188 g/mol. The molecule has 1 aromatic carbocycles. The average Bonchev–Trinajstić information content (AvgIpc) is 2.19. The molecule has 0 aliphatic rings. The van der Waals surface area contributed by atoms with Crippen LogP contribution in [-0.4, -0.2) is 5.75 Å². The molecule has 0 atom stereocenters. The molecular formula is C13H16S. The largest absolute Gasteiger partial charge is 0.179 e. The summed E-state index contributed by atoms with van der Waals surface area (Å²) in [6, 6.07) is 10.2. The van der Waals surface area contributed by atoms with E-state index in [1.54, 1.807) is 0 Å². The van der Waals surface area contributed by atoms with Gasteiger partial charge in [-0.1, -0.05) is 48.6 Å². The van der Waals surface area contributed by atoms with Crippen LogP contribution in [0.2, 0.25) is 0 Å². The highest BCUT2D eigenvalue weighted by Gasteiger charge is 1.94. The summed E-state index contributed by atoms with van der Waals surface area (Å²) >= 11 is 4.20. The first-order valence-corrected chi connectivity index (χ1v) is 5.39. The van der Waals surface area contributed by atoms with Crippen molar-refractivity contribution in [2.75, 3.05) is 5.75 Å². The first-order valence-electron chi connectivity index (χ1n) is 4.76. The molecule has 0 saturated heterocycles. The van der Waals surface area contributed by atoms with Crippen LogP contribution in [0.15, 0.2) is 48.6 Å². The van der Waals surface area contributed by atoms with E-state index >= 15 is 0 Å². The van der Waals surface area contributed by atoms with Crippen molar-refractivity contribution < 1.29 is 0 Å². The highest BCUT2D eigenvalue weighted by Crippen LogP contribution is 2.16. The summed E-state index contributed by atoms with van der Waals surface area (Å²) in [6.45, 7) is 6.16. The highest BCUT2D eigenvalue weighted by molar-refractivity contribution is 7.80. The van der Waals surface area contributed by atoms with E-state index in [0.29, 0.717) is 0 Å². The summed E-state index contributed by atoms with van der Waals surface area (Å²) in [4.78, 5) is 0. The van der Waals surface area contributed by atoms with E-state index in [-0.39, 0.29) is 0 Å². The van der Waals surface area contributed by atoms with Crippen LogP contribution in [0.4, 0.5) is 0 Å². The summed E-state index contributed by atoms with van der Waals surface area (Å²) < 4.78 is 0. The molecule has 0 spiro atoms. The van der Waals surface area contributed by atoms with E-state index < -0.39 is 0 Å². The van der Waals surface area contributed by atoms with E-state index in [9.17, 15) is 0 Å². The molecule has 0 unspecified atom stereocenters. The van der Waals surface area contributed by atoms with Gasteiger partial charge in [0.1, 0.15) is 0 Å². The van der Waals surface area contributed by atoms with E-state index in [4.69, 9.17) is 0 Å². The van der Waals surface area contributed by atoms with Crippen LogP contribution in [0.1, 0.15) is 18.9 Å². The number of hydrogen-bond acceptors (Lipinski definition) is 1. The fraction of sp³-hybridized carbons (Fsp3) is 0.231. The van der Waals surface area contributed by atoms with E-state index in [0.717, 1.165) is 17.7 Å². The molecule has 74 valence electrons. The minimum absolute atomic E-state index is 0.893. The van der Waals surface area contributed by atoms with Crippen molar-refractivity contribution in [3.05, 3.63) is 54.1 Å². The fourth-order valence-corrected chi connectivity index (χ4v) is 1.63. The maximum atomic E-state index is 4.20. The Morgan fingerprint density at radius 2 is 2.00 bits per heavy atom. The zero-order chi connectivity index (χ0) is 10.4. The number of allylic oxidation sites excluding steroid dienone is 3. The number of hydrogen-bond donors (Lipinski definition) is 1. The normalized spacial score (nSPS) is 11.4. The molecule has 0 N–H and O–H groups in total. The molecule has 0 fully saturated rings. The predicted octanol–water partition coefficient (Wildman–Crippen LogP) is 3.97. The van der Waals surface area contributed by atoms with Crippen LogP contribution >= 0.6 is 12.6 Å². The molecule has 1 aromatic rings. The predicted molar refractivity (Wildman–Crippen MR) is 67.7 cm³/mol. The van der Waals surface area contributed by atoms with Crippen LogP contribution in [0, 0.1) is 0 Å². The lowest BCUT2D eigenvalue weighted by Crippen LogP contribution is -1.82. The molecule has 0 aliphatic heterocycles. The monoisotopic (exact) mass is 204 g/mol. The minimum Gasteiger partial charge on any atom is -0.179 e. The quantitative estimate of drug-likeness (QED) is 0.557. The van der Waals surface area contributed by atoms with Gasteiger partial charge in [0.25, 0.3) is 0 Å². The van der Waals surface area contributed by atoms with E-state index in [1.165, 1.54) is 11.1 Å². The fourth-order valence-electron chi connectivity index (χ4n) is 1.28. The molecule has 0 bridgehead atoms. The van der Waals surface area contributed by atoms with Crippen molar-refractivity contribution in [2.24, 2.45) is 0 Å². The minimum atomic E-state index is 0.893. The van der Waals surface area contributed by atoms with Crippen molar-refractivity contribution in [3.8, 4) is 0 Å². The Balaban J connectivity index is 2.72. The summed E-state index contributed by atoms with van der Waals surface area (Å²) in [5.74, 6) is 0.893. The van der Waals surface area contributed by atoms with E-state index in [2.05, 4.69) is 44.3 Å². The van der Waals surface area contributed by atoms with Gasteiger partial charge in [-0.05, 0) is 30.2 Å². The van der Waals surface area contributed by atoms with Gasteiger partial charge < -0.3 is 0 Å². The van der Waals surface area contributed by atoms with Crippen molar-refractivity contribution in [3.63, 3.8) is 0 Å². The van der Waals surface area contributed by atoms with Crippen molar-refractivity contribution in [1.82, 2.24) is 0 Å². The molecule has 0 radical (unpaired) electrons. The second kappa shape index (κ2) is 5.71. The van der Waals surface area contributed by atoms with Gasteiger partial charge >= 0.3 is 0 Å². The maximum absolute atomic E-state index is 4.20. The standard InChI is InChI=1S/C13H16S/c1-11(8-9-14)10-12(2)13-6-4-3-5-7-13/h3-7,10,14H,2,8-9H2,1H3/b11-10-. The topological polar surface area (TPSA) is 0 Å². The number of benzene rings is 1. The van der Waals surface area contributed by atoms with Gasteiger partial charge in [0.2, 0.25) is 0 Å². The second-order valence-corrected chi connectivity index (χ2v) is 3.80. The Bertz CT molecular complexity index is 322. The molecule has 14 heavy (non-hydrogen) atoms. The molecule has 1 heteroatoms. The van der Waals surface area contributed by atoms with Gasteiger partial charge in [-0.25, -0.2) is 0 Å². The molecule has 0 heterocycles. The second-order valence-electron chi connectivity index (χ2n) is 3.36. The highest BCUT2D eigenvalue weighted by atomic mass is 32.1.